The fraction of sp³-hybridized carbons (Fsp3) is 0.0714. The maximum Gasteiger partial charge on any atom is 0.270 e. The number of rotatable bonds is 5. The lowest BCUT2D eigenvalue weighted by atomic mass is 10.2. The third-order valence-electron chi connectivity index (χ3n) is 2.48. The SMILES string of the molecule is O=[N+]([O-])c1cccc(/C=N\OCc2cccc(Cl)c2)c1. The Morgan fingerprint density at radius 1 is 1.25 bits per heavy atom. The van der Waals surface area contributed by atoms with E-state index in [1.54, 1.807) is 24.3 Å². The third-order valence-corrected chi connectivity index (χ3v) is 2.71. The second kappa shape index (κ2) is 6.68. The van der Waals surface area contributed by atoms with Crippen LogP contribution in [0, 0.1) is 10.1 Å². The smallest absolute Gasteiger partial charge is 0.270 e. The molecule has 2 aromatic rings. The molecule has 0 fully saturated rings. The van der Waals surface area contributed by atoms with Crippen LogP contribution in [0.25, 0.3) is 0 Å². The number of nitro benzene ring substituents is 1. The number of nitrogens with zero attached hydrogens (tertiary/aromatic N) is 2. The standard InChI is InChI=1S/C14H11ClN2O3/c15-13-5-1-4-12(7-13)10-20-16-9-11-3-2-6-14(8-11)17(18)19/h1-9H,10H2/b16-9-. The van der Waals surface area contributed by atoms with Crippen LogP contribution in [0.15, 0.2) is 53.7 Å². The van der Waals surface area contributed by atoms with Gasteiger partial charge in [0, 0.05) is 22.7 Å². The van der Waals surface area contributed by atoms with Crippen LogP contribution in [0.3, 0.4) is 0 Å². The number of oxime groups is 1. The average molecular weight is 291 g/mol. The first-order valence-electron chi connectivity index (χ1n) is 5.79. The summed E-state index contributed by atoms with van der Waals surface area (Å²) in [6.07, 6.45) is 1.43. The molecule has 0 unspecified atom stereocenters. The van der Waals surface area contributed by atoms with Crippen molar-refractivity contribution in [3.63, 3.8) is 0 Å². The fourth-order valence-electron chi connectivity index (χ4n) is 1.56. The Balaban J connectivity index is 1.93. The second-order valence-electron chi connectivity index (χ2n) is 3.99. The van der Waals surface area contributed by atoms with Crippen molar-refractivity contribution in [1.82, 2.24) is 0 Å². The van der Waals surface area contributed by atoms with Crippen LogP contribution < -0.4 is 0 Å². The lowest BCUT2D eigenvalue weighted by Crippen LogP contribution is -1.91. The highest BCUT2D eigenvalue weighted by atomic mass is 35.5. The lowest BCUT2D eigenvalue weighted by molar-refractivity contribution is -0.384. The van der Waals surface area contributed by atoms with Gasteiger partial charge in [-0.25, -0.2) is 0 Å². The normalized spacial score (nSPS) is 10.7. The minimum absolute atomic E-state index is 0.0174. The van der Waals surface area contributed by atoms with Crippen molar-refractivity contribution >= 4 is 23.5 Å². The zero-order valence-electron chi connectivity index (χ0n) is 10.4. The van der Waals surface area contributed by atoms with Gasteiger partial charge in [-0.15, -0.1) is 0 Å². The molecule has 0 aliphatic carbocycles. The fourth-order valence-corrected chi connectivity index (χ4v) is 1.77. The van der Waals surface area contributed by atoms with E-state index in [9.17, 15) is 10.1 Å². The molecule has 0 atom stereocenters. The summed E-state index contributed by atoms with van der Waals surface area (Å²) in [7, 11) is 0. The Kier molecular flexibility index (Phi) is 4.68. The van der Waals surface area contributed by atoms with Gasteiger partial charge in [-0.3, -0.25) is 10.1 Å². The molecule has 0 bridgehead atoms. The van der Waals surface area contributed by atoms with Crippen molar-refractivity contribution in [2.75, 3.05) is 0 Å². The third kappa shape index (κ3) is 4.07. The largest absolute Gasteiger partial charge is 0.391 e. The molecule has 0 heterocycles. The van der Waals surface area contributed by atoms with Crippen LogP contribution >= 0.6 is 11.6 Å². The van der Waals surface area contributed by atoms with Gasteiger partial charge < -0.3 is 4.84 Å². The van der Waals surface area contributed by atoms with Gasteiger partial charge in [0.05, 0.1) is 11.1 Å². The highest BCUT2D eigenvalue weighted by Gasteiger charge is 2.03. The molecule has 0 spiro atoms. The van der Waals surface area contributed by atoms with Crippen LogP contribution in [-0.2, 0) is 11.4 Å². The number of hydrogen-bond acceptors (Lipinski definition) is 4. The van der Waals surface area contributed by atoms with E-state index in [1.807, 2.05) is 12.1 Å². The number of non-ortho nitro benzene ring substituents is 1. The first-order chi connectivity index (χ1) is 9.65. The van der Waals surface area contributed by atoms with E-state index >= 15 is 0 Å². The molecular formula is C14H11ClN2O3. The van der Waals surface area contributed by atoms with Gasteiger partial charge in [0.1, 0.15) is 6.61 Å². The van der Waals surface area contributed by atoms with Crippen LogP contribution in [0.4, 0.5) is 5.69 Å². The van der Waals surface area contributed by atoms with E-state index < -0.39 is 4.92 Å². The maximum atomic E-state index is 10.6. The molecule has 0 saturated carbocycles. The highest BCUT2D eigenvalue weighted by Crippen LogP contribution is 2.13. The van der Waals surface area contributed by atoms with Gasteiger partial charge in [-0.2, -0.15) is 0 Å². The van der Waals surface area contributed by atoms with Crippen LogP contribution in [0.1, 0.15) is 11.1 Å². The topological polar surface area (TPSA) is 64.7 Å². The number of hydrogen-bond donors (Lipinski definition) is 0. The van der Waals surface area contributed by atoms with E-state index in [0.717, 1.165) is 5.56 Å². The van der Waals surface area contributed by atoms with E-state index in [-0.39, 0.29) is 12.3 Å². The van der Waals surface area contributed by atoms with Gasteiger partial charge in [-0.1, -0.05) is 41.0 Å². The summed E-state index contributed by atoms with van der Waals surface area (Å²) in [5, 5.41) is 15.0. The Hall–Kier alpha value is -2.40. The molecule has 0 aliphatic rings. The van der Waals surface area contributed by atoms with E-state index in [0.29, 0.717) is 10.6 Å². The number of nitro groups is 1. The van der Waals surface area contributed by atoms with E-state index in [4.69, 9.17) is 16.4 Å². The molecule has 102 valence electrons. The molecule has 2 aromatic carbocycles. The van der Waals surface area contributed by atoms with Crippen molar-refractivity contribution in [2.24, 2.45) is 5.16 Å². The summed E-state index contributed by atoms with van der Waals surface area (Å²) in [6, 6.07) is 13.4. The lowest BCUT2D eigenvalue weighted by Gasteiger charge is -2.00. The summed E-state index contributed by atoms with van der Waals surface area (Å²) in [5.41, 5.74) is 1.52. The molecular weight excluding hydrogens is 280 g/mol. The van der Waals surface area contributed by atoms with Gasteiger partial charge in [-0.05, 0) is 17.7 Å². The second-order valence-corrected chi connectivity index (χ2v) is 4.43. The van der Waals surface area contributed by atoms with E-state index in [1.165, 1.54) is 18.3 Å². The van der Waals surface area contributed by atoms with Crippen molar-refractivity contribution < 1.29 is 9.76 Å². The summed E-state index contributed by atoms with van der Waals surface area (Å²) in [4.78, 5) is 15.3. The number of halogens is 1. The molecule has 6 heteroatoms. The van der Waals surface area contributed by atoms with Crippen molar-refractivity contribution in [3.8, 4) is 0 Å². The minimum Gasteiger partial charge on any atom is -0.391 e. The average Bonchev–Trinajstić information content (AvgIpc) is 2.44. The summed E-state index contributed by atoms with van der Waals surface area (Å²) < 4.78 is 0. The van der Waals surface area contributed by atoms with Crippen LogP contribution in [0.5, 0.6) is 0 Å². The van der Waals surface area contributed by atoms with Crippen molar-refractivity contribution in [1.29, 1.82) is 0 Å². The minimum atomic E-state index is -0.454. The van der Waals surface area contributed by atoms with Crippen molar-refractivity contribution in [3.05, 3.63) is 74.8 Å². The predicted molar refractivity (Wildman–Crippen MR) is 76.9 cm³/mol. The van der Waals surface area contributed by atoms with Gasteiger partial charge in [0.15, 0.2) is 0 Å². The summed E-state index contributed by atoms with van der Waals surface area (Å²) in [5.74, 6) is 0. The highest BCUT2D eigenvalue weighted by molar-refractivity contribution is 6.30. The molecule has 2 rings (SSSR count). The first-order valence-corrected chi connectivity index (χ1v) is 6.17. The monoisotopic (exact) mass is 290 g/mol. The Morgan fingerprint density at radius 2 is 2.05 bits per heavy atom. The van der Waals surface area contributed by atoms with Crippen LogP contribution in [-0.4, -0.2) is 11.1 Å². The Morgan fingerprint density at radius 3 is 2.80 bits per heavy atom. The maximum absolute atomic E-state index is 10.6. The van der Waals surface area contributed by atoms with E-state index in [2.05, 4.69) is 5.16 Å². The Bertz CT molecular complexity index is 644. The molecule has 20 heavy (non-hydrogen) atoms. The van der Waals surface area contributed by atoms with Gasteiger partial charge in [0.2, 0.25) is 0 Å². The molecule has 0 aliphatic heterocycles. The van der Waals surface area contributed by atoms with Gasteiger partial charge >= 0.3 is 0 Å². The quantitative estimate of drug-likeness (QED) is 0.478. The molecule has 0 N–H and O–H groups in total. The van der Waals surface area contributed by atoms with Crippen LogP contribution in [0.2, 0.25) is 5.02 Å². The molecule has 5 nitrogen and oxygen atoms in total. The molecule has 0 aromatic heterocycles. The Labute approximate surface area is 120 Å². The molecule has 0 radical (unpaired) electrons. The van der Waals surface area contributed by atoms with Gasteiger partial charge in [0.25, 0.3) is 5.69 Å². The zero-order valence-corrected chi connectivity index (χ0v) is 11.2. The first kappa shape index (κ1) is 14.0. The molecule has 0 amide bonds. The summed E-state index contributed by atoms with van der Waals surface area (Å²) >= 11 is 5.84. The molecule has 0 saturated heterocycles. The zero-order chi connectivity index (χ0) is 14.4. The van der Waals surface area contributed by atoms with Crippen molar-refractivity contribution in [2.45, 2.75) is 6.61 Å². The predicted octanol–water partition coefficient (Wildman–Crippen LogP) is 3.80. The number of benzene rings is 2. The summed E-state index contributed by atoms with van der Waals surface area (Å²) in [6.45, 7) is 0.284.